The van der Waals surface area contributed by atoms with Crippen molar-refractivity contribution in [3.8, 4) is 5.75 Å². The molecule has 0 bridgehead atoms. The number of anilines is 1. The van der Waals surface area contributed by atoms with Gasteiger partial charge in [0.2, 0.25) is 0 Å². The first-order valence-electron chi connectivity index (χ1n) is 7.62. The second-order valence-corrected chi connectivity index (χ2v) is 6.02. The number of ether oxygens (including phenoxy) is 1. The zero-order valence-corrected chi connectivity index (χ0v) is 12.2. The van der Waals surface area contributed by atoms with Gasteiger partial charge in [-0.3, -0.25) is 4.79 Å². The fraction of sp³-hybridized carbons (Fsp3) is 0.562. The van der Waals surface area contributed by atoms with Crippen LogP contribution in [0, 0.1) is 0 Å². The van der Waals surface area contributed by atoms with Crippen LogP contribution < -0.4 is 15.4 Å². The summed E-state index contributed by atoms with van der Waals surface area (Å²) in [6.07, 6.45) is 5.64. The number of hydrogen-bond donors (Lipinski definition) is 3. The van der Waals surface area contributed by atoms with Crippen molar-refractivity contribution >= 4 is 11.6 Å². The highest BCUT2D eigenvalue weighted by molar-refractivity contribution is 5.95. The van der Waals surface area contributed by atoms with E-state index in [0.717, 1.165) is 24.1 Å². The highest BCUT2D eigenvalue weighted by Crippen LogP contribution is 2.30. The molecule has 1 aliphatic heterocycles. The molecule has 0 spiro atoms. The van der Waals surface area contributed by atoms with E-state index in [2.05, 4.69) is 10.6 Å². The van der Waals surface area contributed by atoms with Crippen molar-refractivity contribution in [3.05, 3.63) is 23.8 Å². The molecule has 1 fully saturated rings. The van der Waals surface area contributed by atoms with Crippen LogP contribution in [0.3, 0.4) is 0 Å². The summed E-state index contributed by atoms with van der Waals surface area (Å²) in [6, 6.07) is 5.82. The quantitative estimate of drug-likeness (QED) is 0.791. The van der Waals surface area contributed by atoms with Gasteiger partial charge in [-0.1, -0.05) is 25.3 Å². The van der Waals surface area contributed by atoms with E-state index in [-0.39, 0.29) is 24.7 Å². The van der Waals surface area contributed by atoms with Crippen LogP contribution in [0.4, 0.5) is 5.69 Å². The van der Waals surface area contributed by atoms with Gasteiger partial charge in [-0.25, -0.2) is 0 Å². The zero-order chi connectivity index (χ0) is 14.7. The van der Waals surface area contributed by atoms with Crippen LogP contribution in [-0.2, 0) is 11.3 Å². The molecule has 3 N–H and O–H groups in total. The zero-order valence-electron chi connectivity index (χ0n) is 12.2. The van der Waals surface area contributed by atoms with E-state index < -0.39 is 0 Å². The van der Waals surface area contributed by atoms with Gasteiger partial charge in [0.1, 0.15) is 5.75 Å². The molecule has 114 valence electrons. The number of amides is 1. The Kier molecular flexibility index (Phi) is 4.12. The molecule has 0 atom stereocenters. The number of carbonyl (C=O) groups is 1. The maximum Gasteiger partial charge on any atom is 0.262 e. The fourth-order valence-corrected chi connectivity index (χ4v) is 3.15. The summed E-state index contributed by atoms with van der Waals surface area (Å²) in [6.45, 7) is 0.944. The number of hydrogen-bond acceptors (Lipinski definition) is 4. The normalized spacial score (nSPS) is 20.3. The average Bonchev–Trinajstić information content (AvgIpc) is 2.53. The average molecular weight is 290 g/mol. The second kappa shape index (κ2) is 6.03. The number of nitrogens with one attached hydrogen (secondary N) is 2. The van der Waals surface area contributed by atoms with Gasteiger partial charge in [0, 0.05) is 12.1 Å². The van der Waals surface area contributed by atoms with Crippen molar-refractivity contribution < 1.29 is 14.6 Å². The monoisotopic (exact) mass is 290 g/mol. The summed E-state index contributed by atoms with van der Waals surface area (Å²) < 4.78 is 5.35. The summed E-state index contributed by atoms with van der Waals surface area (Å²) in [5.74, 6) is 0.597. The third kappa shape index (κ3) is 3.19. The van der Waals surface area contributed by atoms with Crippen molar-refractivity contribution in [1.29, 1.82) is 0 Å². The van der Waals surface area contributed by atoms with Crippen LogP contribution in [0.2, 0.25) is 0 Å². The smallest absolute Gasteiger partial charge is 0.262 e. The van der Waals surface area contributed by atoms with Crippen molar-refractivity contribution in [2.45, 2.75) is 44.2 Å². The number of fused-ring (bicyclic) bond motifs is 1. The number of benzene rings is 1. The Balaban J connectivity index is 1.67. The molecule has 1 saturated carbocycles. The van der Waals surface area contributed by atoms with Gasteiger partial charge in [-0.05, 0) is 30.5 Å². The molecular weight excluding hydrogens is 268 g/mol. The summed E-state index contributed by atoms with van der Waals surface area (Å²) in [5.41, 5.74) is 1.67. The van der Waals surface area contributed by atoms with E-state index >= 15 is 0 Å². The summed E-state index contributed by atoms with van der Waals surface area (Å²) in [7, 11) is 0. The van der Waals surface area contributed by atoms with Gasteiger partial charge in [-0.15, -0.1) is 0 Å². The van der Waals surface area contributed by atoms with Crippen molar-refractivity contribution in [2.75, 3.05) is 18.5 Å². The highest BCUT2D eigenvalue weighted by Gasteiger charge is 2.30. The Hall–Kier alpha value is -1.59. The lowest BCUT2D eigenvalue weighted by Gasteiger charge is -2.36. The molecule has 21 heavy (non-hydrogen) atoms. The van der Waals surface area contributed by atoms with Crippen molar-refractivity contribution in [1.82, 2.24) is 5.32 Å². The molecule has 2 aliphatic rings. The highest BCUT2D eigenvalue weighted by atomic mass is 16.5. The second-order valence-electron chi connectivity index (χ2n) is 6.02. The number of rotatable bonds is 4. The van der Waals surface area contributed by atoms with E-state index in [4.69, 9.17) is 4.74 Å². The molecule has 5 heteroatoms. The standard InChI is InChI=1S/C16H22N2O3/c19-11-16(6-2-1-3-7-16)17-9-12-4-5-14-13(8-12)18-15(20)10-21-14/h4-5,8,17,19H,1-3,6-7,9-11H2,(H,18,20). The molecule has 0 radical (unpaired) electrons. The molecule has 1 aromatic rings. The molecule has 1 amide bonds. The SMILES string of the molecule is O=C1COc2ccc(CNC3(CO)CCCCC3)cc2N1. The van der Waals surface area contributed by atoms with Gasteiger partial charge >= 0.3 is 0 Å². The van der Waals surface area contributed by atoms with Crippen LogP contribution in [-0.4, -0.2) is 29.8 Å². The minimum atomic E-state index is -0.145. The Morgan fingerprint density at radius 1 is 1.29 bits per heavy atom. The number of carbonyl (C=O) groups excluding carboxylic acids is 1. The lowest BCUT2D eigenvalue weighted by atomic mass is 9.82. The predicted octanol–water partition coefficient (Wildman–Crippen LogP) is 1.80. The Morgan fingerprint density at radius 2 is 2.10 bits per heavy atom. The fourth-order valence-electron chi connectivity index (χ4n) is 3.15. The molecule has 3 rings (SSSR count). The molecule has 0 unspecified atom stereocenters. The van der Waals surface area contributed by atoms with Crippen molar-refractivity contribution in [2.24, 2.45) is 0 Å². The largest absolute Gasteiger partial charge is 0.482 e. The van der Waals surface area contributed by atoms with Gasteiger partial charge in [0.05, 0.1) is 12.3 Å². The number of aliphatic hydroxyl groups excluding tert-OH is 1. The van der Waals surface area contributed by atoms with Crippen LogP contribution >= 0.6 is 0 Å². The lowest BCUT2D eigenvalue weighted by Crippen LogP contribution is -2.49. The first kappa shape index (κ1) is 14.4. The van der Waals surface area contributed by atoms with E-state index in [9.17, 15) is 9.90 Å². The lowest BCUT2D eigenvalue weighted by molar-refractivity contribution is -0.118. The molecule has 1 heterocycles. The number of aliphatic hydroxyl groups is 1. The Labute approximate surface area is 124 Å². The van der Waals surface area contributed by atoms with Crippen molar-refractivity contribution in [3.63, 3.8) is 0 Å². The Morgan fingerprint density at radius 3 is 2.86 bits per heavy atom. The molecule has 5 nitrogen and oxygen atoms in total. The molecule has 0 aromatic heterocycles. The van der Waals surface area contributed by atoms with Crippen LogP contribution in [0.5, 0.6) is 5.75 Å². The topological polar surface area (TPSA) is 70.6 Å². The summed E-state index contributed by atoms with van der Waals surface area (Å²) >= 11 is 0. The van der Waals surface area contributed by atoms with Crippen LogP contribution in [0.1, 0.15) is 37.7 Å². The molecule has 1 aliphatic carbocycles. The summed E-state index contributed by atoms with van der Waals surface area (Å²) in [4.78, 5) is 11.4. The van der Waals surface area contributed by atoms with Crippen LogP contribution in [0.25, 0.3) is 0 Å². The predicted molar refractivity (Wildman–Crippen MR) is 80.3 cm³/mol. The van der Waals surface area contributed by atoms with Gasteiger partial charge in [0.15, 0.2) is 6.61 Å². The van der Waals surface area contributed by atoms with Gasteiger partial charge in [0.25, 0.3) is 5.91 Å². The van der Waals surface area contributed by atoms with Gasteiger partial charge < -0.3 is 20.5 Å². The minimum Gasteiger partial charge on any atom is -0.482 e. The third-order valence-corrected chi connectivity index (χ3v) is 4.46. The van der Waals surface area contributed by atoms with E-state index in [1.54, 1.807) is 0 Å². The maximum absolute atomic E-state index is 11.4. The third-order valence-electron chi connectivity index (χ3n) is 4.46. The van der Waals surface area contributed by atoms with Gasteiger partial charge in [-0.2, -0.15) is 0 Å². The van der Waals surface area contributed by atoms with E-state index in [1.165, 1.54) is 19.3 Å². The molecule has 0 saturated heterocycles. The van der Waals surface area contributed by atoms with Crippen LogP contribution in [0.15, 0.2) is 18.2 Å². The van der Waals surface area contributed by atoms with E-state index in [0.29, 0.717) is 12.3 Å². The van der Waals surface area contributed by atoms with E-state index in [1.807, 2.05) is 18.2 Å². The molecular formula is C16H22N2O3. The first-order valence-corrected chi connectivity index (χ1v) is 7.62. The maximum atomic E-state index is 11.4. The summed E-state index contributed by atoms with van der Waals surface area (Å²) in [5, 5.41) is 16.0. The first-order chi connectivity index (χ1) is 10.2. The molecule has 1 aromatic carbocycles. The Bertz CT molecular complexity index is 524. The minimum absolute atomic E-state index is 0.0816.